The topological polar surface area (TPSA) is 154 Å². The lowest BCUT2D eigenvalue weighted by Crippen LogP contribution is -2.66. The van der Waals surface area contributed by atoms with Crippen LogP contribution in [-0.4, -0.2) is 136 Å². The Morgan fingerprint density at radius 2 is 1.86 bits per heavy atom. The van der Waals surface area contributed by atoms with Crippen LogP contribution in [-0.2, 0) is 43.2 Å². The third-order valence-electron chi connectivity index (χ3n) is 13.2. The van der Waals surface area contributed by atoms with Crippen molar-refractivity contribution in [2.24, 2.45) is 11.3 Å². The average molecular weight is 898 g/mol. The van der Waals surface area contributed by atoms with Crippen molar-refractivity contribution in [2.75, 3.05) is 53.5 Å². The predicted octanol–water partition coefficient (Wildman–Crippen LogP) is 6.30. The van der Waals surface area contributed by atoms with E-state index in [0.29, 0.717) is 56.5 Å². The van der Waals surface area contributed by atoms with Gasteiger partial charge in [-0.25, -0.2) is 15.2 Å². The van der Waals surface area contributed by atoms with E-state index >= 15 is 0 Å². The zero-order valence-electron chi connectivity index (χ0n) is 39.3. The molecule has 2 N–H and O–H groups in total. The van der Waals surface area contributed by atoms with Crippen molar-refractivity contribution in [1.29, 1.82) is 0 Å². The molecule has 0 radical (unpaired) electrons. The molecule has 3 aromatic heterocycles. The van der Waals surface area contributed by atoms with E-state index < -0.39 is 35.4 Å². The second-order valence-electron chi connectivity index (χ2n) is 18.6. The van der Waals surface area contributed by atoms with Crippen LogP contribution in [0.2, 0.25) is 0 Å². The van der Waals surface area contributed by atoms with Crippen LogP contribution < -0.4 is 10.7 Å². The van der Waals surface area contributed by atoms with Crippen LogP contribution in [0, 0.1) is 11.3 Å². The number of rotatable bonds is 11. The van der Waals surface area contributed by atoms with Crippen molar-refractivity contribution in [2.45, 2.75) is 118 Å². The van der Waals surface area contributed by atoms with Gasteiger partial charge in [-0.2, -0.15) is 0 Å². The summed E-state index contributed by atoms with van der Waals surface area (Å²) in [5, 5.41) is 8.23. The molecule has 4 atom stereocenters. The number of methoxy groups -OCH3 is 1. The minimum absolute atomic E-state index is 0.113. The molecule has 64 heavy (non-hydrogen) atoms. The molecule has 346 valence electrons. The largest absolute Gasteiger partial charge is 0.464 e. The van der Waals surface area contributed by atoms with E-state index in [1.165, 1.54) is 21.2 Å². The third kappa shape index (κ3) is 9.56. The Balaban J connectivity index is 1.26. The Morgan fingerprint density at radius 1 is 1.11 bits per heavy atom. The number of likely N-dealkylation sites (tertiary alicyclic amines) is 1. The number of hydrazine groups is 1. The summed E-state index contributed by atoms with van der Waals surface area (Å²) in [6.45, 7) is 20.6. The molecule has 1 aromatic carbocycles. The number of carbonyl (C=O) groups excluding carboxylic acids is 4. The molecule has 2 fully saturated rings. The van der Waals surface area contributed by atoms with Gasteiger partial charge < -0.3 is 29.2 Å². The molecule has 0 spiro atoms. The molecule has 0 aliphatic carbocycles. The number of cyclic esters (lactones) is 1. The standard InChI is InChI=1S/C48H67N9O6S/c1-11-54(12-2)32-25-55(26-32)47(61)53(9)42(29(4)5)44(58)51-37-23-40-50-38(27-64-40)31-18-19-39-34(22-31)35(43(56(39)13-3)33-16-14-20-49-41(33)30(6)62-10)24-48(7,8)28-63-46(60)36-17-15-21-57(52-36)45(37)59/h14,16,18-20,22,27,29-30,32,36-37,42,52H,11-13,15,17,21,23-26,28H2,1-10H3,(H,51,58)/t30-,36-,37-,42-/m0/s1. The van der Waals surface area contributed by atoms with Crippen LogP contribution in [0.1, 0.15) is 90.6 Å². The molecule has 4 amide bonds. The first-order valence-electron chi connectivity index (χ1n) is 23.0. The number of nitrogens with zero attached hydrogens (tertiary/aromatic N) is 7. The smallest absolute Gasteiger partial charge is 0.324 e. The molecule has 7 rings (SSSR count). The van der Waals surface area contributed by atoms with Gasteiger partial charge in [-0.3, -0.25) is 29.3 Å². The van der Waals surface area contributed by atoms with E-state index in [0.717, 1.165) is 57.8 Å². The Morgan fingerprint density at radius 3 is 2.55 bits per heavy atom. The molecular formula is C48H67N9O6S. The minimum Gasteiger partial charge on any atom is -0.464 e. The van der Waals surface area contributed by atoms with Crippen molar-refractivity contribution in [3.63, 3.8) is 0 Å². The average Bonchev–Trinajstić information content (AvgIpc) is 3.86. The highest BCUT2D eigenvalue weighted by Crippen LogP contribution is 2.42. The zero-order chi connectivity index (χ0) is 46.0. The van der Waals surface area contributed by atoms with E-state index in [1.54, 1.807) is 25.3 Å². The van der Waals surface area contributed by atoms with Crippen molar-refractivity contribution in [3.8, 4) is 22.5 Å². The summed E-state index contributed by atoms with van der Waals surface area (Å²) in [4.78, 5) is 72.2. The van der Waals surface area contributed by atoms with Gasteiger partial charge in [-0.05, 0) is 81.9 Å². The number of fused-ring (bicyclic) bond motifs is 6. The second-order valence-corrected chi connectivity index (χ2v) is 19.6. The summed E-state index contributed by atoms with van der Waals surface area (Å²) >= 11 is 1.43. The minimum atomic E-state index is -1.04. The van der Waals surface area contributed by atoms with Gasteiger partial charge in [-0.1, -0.05) is 47.6 Å². The van der Waals surface area contributed by atoms with E-state index in [-0.39, 0.29) is 37.0 Å². The number of hydrogen-bond donors (Lipinski definition) is 2. The van der Waals surface area contributed by atoms with Gasteiger partial charge in [0.1, 0.15) is 18.1 Å². The zero-order valence-corrected chi connectivity index (χ0v) is 40.1. The van der Waals surface area contributed by atoms with Crippen LogP contribution in [0.3, 0.4) is 0 Å². The van der Waals surface area contributed by atoms with Crippen LogP contribution in [0.25, 0.3) is 33.4 Å². The number of benzene rings is 1. The number of esters is 1. The maximum Gasteiger partial charge on any atom is 0.324 e. The lowest BCUT2D eigenvalue weighted by atomic mass is 9.84. The molecule has 15 nitrogen and oxygen atoms in total. The Kier molecular flexibility index (Phi) is 14.5. The normalized spacial score (nSPS) is 20.5. The Labute approximate surface area is 381 Å². The monoisotopic (exact) mass is 897 g/mol. The fourth-order valence-electron chi connectivity index (χ4n) is 9.67. The highest BCUT2D eigenvalue weighted by molar-refractivity contribution is 7.10. The summed E-state index contributed by atoms with van der Waals surface area (Å²) in [6.07, 6.45) is 3.31. The number of ether oxygens (including phenoxy) is 2. The summed E-state index contributed by atoms with van der Waals surface area (Å²) in [5.74, 6) is -1.50. The predicted molar refractivity (Wildman–Crippen MR) is 249 cm³/mol. The first-order valence-corrected chi connectivity index (χ1v) is 23.9. The number of hydrogen-bond acceptors (Lipinski definition) is 11. The SMILES string of the molecule is CCN(CC)C1CN(C(=O)N(C)[C@H](C(=O)N[C@H]2Cc3nc(cs3)-c3ccc4c(c3)c(c(-c3cccnc3[C@H](C)OC)n4CC)CC(C)(C)COC(=O)[C@@H]3CCCN(N3)C2=O)C(C)C)C1. The number of aryl methyl sites for hydroxylation is 1. The van der Waals surface area contributed by atoms with E-state index in [4.69, 9.17) is 19.4 Å². The Bertz CT molecular complexity index is 2330. The molecule has 3 aliphatic rings. The van der Waals surface area contributed by atoms with Crippen LogP contribution in [0.4, 0.5) is 4.79 Å². The number of likely N-dealkylation sites (N-methyl/N-ethyl adjacent to an activating group) is 2. The highest BCUT2D eigenvalue weighted by Gasteiger charge is 2.41. The maximum absolute atomic E-state index is 14.6. The van der Waals surface area contributed by atoms with Gasteiger partial charge in [0.2, 0.25) is 5.91 Å². The molecule has 16 heteroatoms. The molecule has 0 unspecified atom stereocenters. The van der Waals surface area contributed by atoms with Gasteiger partial charge in [0.15, 0.2) is 0 Å². The van der Waals surface area contributed by atoms with Gasteiger partial charge >= 0.3 is 12.0 Å². The summed E-state index contributed by atoms with van der Waals surface area (Å²) in [6, 6.07) is 7.92. The second kappa shape index (κ2) is 19.7. The summed E-state index contributed by atoms with van der Waals surface area (Å²) in [5.41, 5.74) is 9.41. The highest BCUT2D eigenvalue weighted by atomic mass is 32.1. The molecule has 4 aromatic rings. The summed E-state index contributed by atoms with van der Waals surface area (Å²) in [7, 11) is 3.35. The van der Waals surface area contributed by atoms with Crippen molar-refractivity contribution in [3.05, 3.63) is 58.2 Å². The molecule has 0 saturated carbocycles. The van der Waals surface area contributed by atoms with Gasteiger partial charge in [0.05, 0.1) is 34.8 Å². The quantitative estimate of drug-likeness (QED) is 0.164. The lowest BCUT2D eigenvalue weighted by Gasteiger charge is -2.47. The van der Waals surface area contributed by atoms with E-state index in [1.807, 2.05) is 32.2 Å². The number of thiazole rings is 1. The maximum atomic E-state index is 14.6. The number of carbonyl (C=O) groups is 4. The van der Waals surface area contributed by atoms with Crippen molar-refractivity contribution in [1.82, 2.24) is 45.0 Å². The number of aromatic nitrogens is 3. The van der Waals surface area contributed by atoms with Crippen molar-refractivity contribution < 1.29 is 28.7 Å². The van der Waals surface area contributed by atoms with Crippen LogP contribution in [0.5, 0.6) is 0 Å². The van der Waals surface area contributed by atoms with Crippen molar-refractivity contribution >= 4 is 46.1 Å². The molecule has 6 heterocycles. The lowest BCUT2D eigenvalue weighted by molar-refractivity contribution is -0.155. The van der Waals surface area contributed by atoms with Crippen LogP contribution >= 0.6 is 11.3 Å². The molecule has 2 saturated heterocycles. The van der Waals surface area contributed by atoms with Gasteiger partial charge in [0.25, 0.3) is 5.91 Å². The number of pyridine rings is 1. The fraction of sp³-hybridized carbons (Fsp3) is 0.583. The first kappa shape index (κ1) is 47.1. The number of amides is 4. The number of urea groups is 1. The number of nitrogens with one attached hydrogen (secondary N) is 2. The fourth-order valence-corrected chi connectivity index (χ4v) is 10.5. The third-order valence-corrected chi connectivity index (χ3v) is 14.1. The molecular weight excluding hydrogens is 831 g/mol. The van der Waals surface area contributed by atoms with Gasteiger partial charge in [-0.15, -0.1) is 11.3 Å². The van der Waals surface area contributed by atoms with E-state index in [9.17, 15) is 19.2 Å². The van der Waals surface area contributed by atoms with Crippen LogP contribution in [0.15, 0.2) is 41.9 Å². The Hall–Kier alpha value is -4.90. The molecule has 6 bridgehead atoms. The molecule has 3 aliphatic heterocycles. The van der Waals surface area contributed by atoms with Gasteiger partial charge in [0, 0.05) is 91.8 Å². The summed E-state index contributed by atoms with van der Waals surface area (Å²) < 4.78 is 14.3. The van der Waals surface area contributed by atoms with E-state index in [2.05, 4.69) is 79.1 Å². The first-order chi connectivity index (χ1) is 30.6.